The van der Waals surface area contributed by atoms with Gasteiger partial charge in [-0.1, -0.05) is 12.8 Å². The molecule has 1 unspecified atom stereocenters. The van der Waals surface area contributed by atoms with Crippen LogP contribution in [0.5, 0.6) is 0 Å². The molecule has 0 aromatic rings. The summed E-state index contributed by atoms with van der Waals surface area (Å²) in [4.78, 5) is 2.95. The van der Waals surface area contributed by atoms with Gasteiger partial charge in [0.15, 0.2) is 0 Å². The summed E-state index contributed by atoms with van der Waals surface area (Å²) in [5.74, 6) is 2.70. The minimum Gasteiger partial charge on any atom is -0.393 e. The highest BCUT2D eigenvalue weighted by Gasteiger charge is 2.80. The molecule has 6 aliphatic rings. The van der Waals surface area contributed by atoms with Crippen molar-refractivity contribution in [3.63, 3.8) is 0 Å². The highest BCUT2D eigenvalue weighted by molar-refractivity contribution is 5.33. The zero-order valence-electron chi connectivity index (χ0n) is 14.3. The van der Waals surface area contributed by atoms with Crippen LogP contribution in [0.1, 0.15) is 64.7 Å². The van der Waals surface area contributed by atoms with Crippen molar-refractivity contribution >= 4 is 0 Å². The van der Waals surface area contributed by atoms with E-state index in [4.69, 9.17) is 0 Å². The van der Waals surface area contributed by atoms with Crippen molar-refractivity contribution < 1.29 is 10.2 Å². The van der Waals surface area contributed by atoms with Gasteiger partial charge < -0.3 is 10.2 Å². The number of piperidine rings is 2. The van der Waals surface area contributed by atoms with Crippen molar-refractivity contribution in [2.24, 2.45) is 29.6 Å². The van der Waals surface area contributed by atoms with Gasteiger partial charge in [-0.15, -0.1) is 0 Å². The summed E-state index contributed by atoms with van der Waals surface area (Å²) < 4.78 is 0. The van der Waals surface area contributed by atoms with Crippen LogP contribution < -0.4 is 0 Å². The fourth-order valence-electron chi connectivity index (χ4n) is 9.31. The third kappa shape index (κ3) is 1.32. The second-order valence-electron chi connectivity index (χ2n) is 9.93. The molecule has 0 radical (unpaired) electrons. The number of nitrogens with zero attached hydrogens (tertiary/aromatic N) is 1. The number of aliphatic hydroxyl groups excluding tert-OH is 1. The van der Waals surface area contributed by atoms with Crippen molar-refractivity contribution in [1.29, 1.82) is 0 Å². The fourth-order valence-corrected chi connectivity index (χ4v) is 9.31. The number of fused-ring (bicyclic) bond motifs is 2. The first-order valence-electron chi connectivity index (χ1n) is 10.3. The minimum absolute atomic E-state index is 0.157. The maximum atomic E-state index is 11.8. The molecule has 1 spiro atoms. The molecule has 6 fully saturated rings. The summed E-state index contributed by atoms with van der Waals surface area (Å²) in [5, 5.41) is 22.7. The first-order valence-corrected chi connectivity index (χ1v) is 10.3. The number of hydrogen-bond donors (Lipinski definition) is 2. The number of rotatable bonds is 0. The molecular weight excluding hydrogens is 286 g/mol. The van der Waals surface area contributed by atoms with E-state index in [-0.39, 0.29) is 11.6 Å². The molecule has 3 saturated carbocycles. The Bertz CT molecular complexity index is 552. The molecular formula is C20H31NO2. The second-order valence-corrected chi connectivity index (χ2v) is 9.93. The predicted octanol–water partition coefficient (Wildman–Crippen LogP) is 2.55. The molecule has 3 saturated heterocycles. The largest absolute Gasteiger partial charge is 0.393 e. The molecule has 2 N–H and O–H groups in total. The lowest BCUT2D eigenvalue weighted by Gasteiger charge is -2.67. The van der Waals surface area contributed by atoms with Crippen LogP contribution in [0.15, 0.2) is 0 Å². The van der Waals surface area contributed by atoms with Gasteiger partial charge in [0.1, 0.15) is 0 Å². The average molecular weight is 317 g/mol. The first-order chi connectivity index (χ1) is 11.1. The monoisotopic (exact) mass is 317 g/mol. The van der Waals surface area contributed by atoms with Crippen molar-refractivity contribution in [1.82, 2.24) is 4.90 Å². The van der Waals surface area contributed by atoms with E-state index in [0.29, 0.717) is 41.7 Å². The van der Waals surface area contributed by atoms with Crippen LogP contribution >= 0.6 is 0 Å². The van der Waals surface area contributed by atoms with Gasteiger partial charge in [0.2, 0.25) is 0 Å². The molecule has 5 bridgehead atoms. The Morgan fingerprint density at radius 1 is 1.00 bits per heavy atom. The highest BCUT2D eigenvalue weighted by atomic mass is 16.3. The molecule has 3 nitrogen and oxygen atoms in total. The molecule has 128 valence electrons. The van der Waals surface area contributed by atoms with Gasteiger partial charge >= 0.3 is 0 Å². The van der Waals surface area contributed by atoms with E-state index in [0.717, 1.165) is 12.8 Å². The van der Waals surface area contributed by atoms with E-state index in [1.54, 1.807) is 0 Å². The topological polar surface area (TPSA) is 43.7 Å². The van der Waals surface area contributed by atoms with Gasteiger partial charge in [-0.3, -0.25) is 4.90 Å². The maximum absolute atomic E-state index is 11.8. The third-order valence-electron chi connectivity index (χ3n) is 9.58. The zero-order chi connectivity index (χ0) is 15.6. The summed E-state index contributed by atoms with van der Waals surface area (Å²) >= 11 is 0. The zero-order valence-corrected chi connectivity index (χ0v) is 14.3. The maximum Gasteiger partial charge on any atom is 0.0740 e. The summed E-state index contributed by atoms with van der Waals surface area (Å²) in [6.07, 6.45) is 10.7. The Morgan fingerprint density at radius 3 is 2.70 bits per heavy atom. The van der Waals surface area contributed by atoms with Gasteiger partial charge in [0.05, 0.1) is 11.7 Å². The summed E-state index contributed by atoms with van der Waals surface area (Å²) in [6.45, 7) is 2.45. The van der Waals surface area contributed by atoms with Gasteiger partial charge in [0.25, 0.3) is 0 Å². The average Bonchev–Trinajstić information content (AvgIpc) is 2.93. The molecule has 0 aromatic heterocycles. The Kier molecular flexibility index (Phi) is 2.55. The van der Waals surface area contributed by atoms with Crippen LogP contribution in [-0.2, 0) is 0 Å². The number of hydrogen-bond acceptors (Lipinski definition) is 3. The third-order valence-corrected chi connectivity index (χ3v) is 9.58. The normalized spacial score (nSPS) is 68.7. The van der Waals surface area contributed by atoms with Crippen LogP contribution in [0.2, 0.25) is 0 Å². The molecule has 3 aliphatic carbocycles. The van der Waals surface area contributed by atoms with Crippen LogP contribution in [0.25, 0.3) is 0 Å². The predicted molar refractivity (Wildman–Crippen MR) is 87.8 cm³/mol. The molecule has 23 heavy (non-hydrogen) atoms. The minimum atomic E-state index is -0.451. The lowest BCUT2D eigenvalue weighted by molar-refractivity contribution is -0.234. The van der Waals surface area contributed by atoms with Crippen molar-refractivity contribution in [2.75, 3.05) is 0 Å². The lowest BCUT2D eigenvalue weighted by Crippen LogP contribution is -2.75. The second kappa shape index (κ2) is 4.16. The quantitative estimate of drug-likeness (QED) is 0.722. The summed E-state index contributed by atoms with van der Waals surface area (Å²) in [6, 6.07) is 1.33. The van der Waals surface area contributed by atoms with Gasteiger partial charge in [-0.25, -0.2) is 0 Å². The molecule has 3 heteroatoms. The van der Waals surface area contributed by atoms with E-state index in [9.17, 15) is 10.2 Å². The molecule has 0 aromatic carbocycles. The number of aliphatic hydroxyl groups is 2. The fraction of sp³-hybridized carbons (Fsp3) is 1.00. The van der Waals surface area contributed by atoms with Crippen LogP contribution in [0.3, 0.4) is 0 Å². The van der Waals surface area contributed by atoms with Crippen molar-refractivity contribution in [3.05, 3.63) is 0 Å². The van der Waals surface area contributed by atoms with Gasteiger partial charge in [0, 0.05) is 29.5 Å². The molecule has 3 aliphatic heterocycles. The van der Waals surface area contributed by atoms with E-state index >= 15 is 0 Å². The SMILES string of the molecule is C[C@@H]1CC[C@H]2[C@@H]3C[C@@H]4C[C@@]2(O)[C@@H]2C[C@H](O)[C@H]5CCCC[C@@H]5[C@@]42N13. The molecule has 0 amide bonds. The van der Waals surface area contributed by atoms with Gasteiger partial charge in [-0.05, 0) is 69.6 Å². The highest BCUT2D eigenvalue weighted by Crippen LogP contribution is 2.75. The van der Waals surface area contributed by atoms with Crippen LogP contribution in [0.4, 0.5) is 0 Å². The molecule has 6 rings (SSSR count). The summed E-state index contributed by atoms with van der Waals surface area (Å²) in [5.41, 5.74) is -0.201. The Balaban J connectivity index is 1.57. The Morgan fingerprint density at radius 2 is 1.83 bits per heavy atom. The molecule has 3 heterocycles. The lowest BCUT2D eigenvalue weighted by atomic mass is 9.51. The van der Waals surface area contributed by atoms with E-state index in [1.165, 1.54) is 44.9 Å². The van der Waals surface area contributed by atoms with Crippen molar-refractivity contribution in [3.8, 4) is 0 Å². The Hall–Kier alpha value is -0.120. The Labute approximate surface area is 139 Å². The van der Waals surface area contributed by atoms with E-state index < -0.39 is 5.60 Å². The van der Waals surface area contributed by atoms with E-state index in [1.807, 2.05) is 0 Å². The van der Waals surface area contributed by atoms with Gasteiger partial charge in [-0.2, -0.15) is 0 Å². The smallest absolute Gasteiger partial charge is 0.0740 e. The van der Waals surface area contributed by atoms with E-state index in [2.05, 4.69) is 11.8 Å². The van der Waals surface area contributed by atoms with Crippen LogP contribution in [-0.4, -0.2) is 44.4 Å². The summed E-state index contributed by atoms with van der Waals surface area (Å²) in [7, 11) is 0. The van der Waals surface area contributed by atoms with Crippen LogP contribution in [0, 0.1) is 29.6 Å². The standard InChI is InChI=1S/C20H31NO2/c1-11-6-7-15-16-8-12-10-19(15,23)18-9-17(22)13-4-2-3-5-14(13)20(12,18)21(11)16/h11-18,22-23H,2-10H2,1H3/t11-,12-,13+,14+,15+,16+,17+,18+,19+,20+/m1/s1. The molecule has 11 atom stereocenters. The first kappa shape index (κ1) is 14.1. The van der Waals surface area contributed by atoms with Crippen molar-refractivity contribution in [2.45, 2.75) is 94.0 Å².